The average molecular weight is 393 g/mol. The zero-order valence-electron chi connectivity index (χ0n) is 16.1. The molecule has 0 unspecified atom stereocenters. The van der Waals surface area contributed by atoms with E-state index in [1.165, 1.54) is 18.6 Å². The quantitative estimate of drug-likeness (QED) is 0.691. The molecule has 152 valence electrons. The van der Waals surface area contributed by atoms with Gasteiger partial charge in [0.2, 0.25) is 5.91 Å². The second-order valence-electron chi connectivity index (χ2n) is 7.34. The van der Waals surface area contributed by atoms with Crippen LogP contribution in [0.5, 0.6) is 0 Å². The highest BCUT2D eigenvalue weighted by Gasteiger charge is 2.30. The molecule has 0 bridgehead atoms. The highest BCUT2D eigenvalue weighted by Crippen LogP contribution is 2.30. The highest BCUT2D eigenvalue weighted by molar-refractivity contribution is 5.76. The van der Waals surface area contributed by atoms with Gasteiger partial charge in [-0.3, -0.25) is 4.79 Å². The van der Waals surface area contributed by atoms with Gasteiger partial charge in [0, 0.05) is 31.4 Å². The van der Waals surface area contributed by atoms with Gasteiger partial charge in [0.05, 0.1) is 12.1 Å². The zero-order chi connectivity index (χ0) is 20.1. The van der Waals surface area contributed by atoms with E-state index in [0.29, 0.717) is 24.4 Å². The molecule has 2 aromatic rings. The van der Waals surface area contributed by atoms with Crippen molar-refractivity contribution in [2.24, 2.45) is 0 Å². The van der Waals surface area contributed by atoms with Crippen LogP contribution >= 0.6 is 0 Å². The molecule has 4 nitrogen and oxygen atoms in total. The summed E-state index contributed by atoms with van der Waals surface area (Å²) in [6.45, 7) is 2.54. The van der Waals surface area contributed by atoms with Gasteiger partial charge in [-0.05, 0) is 30.5 Å². The fraction of sp³-hybridized carbons (Fsp3) is 0.524. The number of alkyl halides is 3. The van der Waals surface area contributed by atoms with Crippen LogP contribution in [0.15, 0.2) is 36.7 Å². The first-order chi connectivity index (χ1) is 13.4. The van der Waals surface area contributed by atoms with E-state index in [1.54, 1.807) is 18.5 Å². The van der Waals surface area contributed by atoms with E-state index in [4.69, 9.17) is 0 Å². The normalized spacial score (nSPS) is 15.6. The molecule has 3 rings (SSSR count). The number of rotatable bonds is 6. The Kier molecular flexibility index (Phi) is 6.42. The standard InChI is InChI=1S/C21H26F3N3O/c1-2-20(28)27(18-9-4-3-5-10-18)15-19-25-11-12-26(19)14-16-7-6-8-17(13-16)21(22,23)24/h6-8,11-13,18H,2-5,9-10,14-15H2,1H3. The predicted octanol–water partition coefficient (Wildman–Crippen LogP) is 5.02. The molecule has 0 N–H and O–H groups in total. The number of carbonyl (C=O) groups is 1. The summed E-state index contributed by atoms with van der Waals surface area (Å²) in [4.78, 5) is 18.8. The summed E-state index contributed by atoms with van der Waals surface area (Å²) in [5.74, 6) is 0.797. The number of carbonyl (C=O) groups excluding carboxylic acids is 1. The first-order valence-electron chi connectivity index (χ1n) is 9.84. The lowest BCUT2D eigenvalue weighted by molar-refractivity contribution is -0.137. The Morgan fingerprint density at radius 2 is 2.00 bits per heavy atom. The lowest BCUT2D eigenvalue weighted by Gasteiger charge is -2.34. The Morgan fingerprint density at radius 3 is 2.68 bits per heavy atom. The van der Waals surface area contributed by atoms with Gasteiger partial charge in [-0.2, -0.15) is 13.2 Å². The minimum absolute atomic E-state index is 0.0977. The van der Waals surface area contributed by atoms with Gasteiger partial charge in [-0.15, -0.1) is 0 Å². The van der Waals surface area contributed by atoms with Crippen LogP contribution < -0.4 is 0 Å². The molecule has 1 aromatic heterocycles. The average Bonchev–Trinajstić information content (AvgIpc) is 3.12. The van der Waals surface area contributed by atoms with Crippen LogP contribution in [0.1, 0.15) is 62.4 Å². The van der Waals surface area contributed by atoms with Gasteiger partial charge in [0.25, 0.3) is 0 Å². The number of amides is 1. The molecular formula is C21H26F3N3O. The topological polar surface area (TPSA) is 38.1 Å². The molecule has 1 saturated carbocycles. The van der Waals surface area contributed by atoms with Crippen LogP contribution in [0.4, 0.5) is 13.2 Å². The van der Waals surface area contributed by atoms with Gasteiger partial charge in [0.15, 0.2) is 0 Å². The summed E-state index contributed by atoms with van der Waals surface area (Å²) >= 11 is 0. The van der Waals surface area contributed by atoms with Gasteiger partial charge in [-0.1, -0.05) is 38.3 Å². The number of hydrogen-bond acceptors (Lipinski definition) is 2. The summed E-state index contributed by atoms with van der Waals surface area (Å²) in [6.07, 6.45) is 4.91. The maximum atomic E-state index is 13.0. The van der Waals surface area contributed by atoms with Crippen LogP contribution in [0.3, 0.4) is 0 Å². The molecule has 0 aliphatic heterocycles. The van der Waals surface area contributed by atoms with Crippen molar-refractivity contribution in [2.45, 2.75) is 70.8 Å². The highest BCUT2D eigenvalue weighted by atomic mass is 19.4. The Balaban J connectivity index is 1.78. The Bertz CT molecular complexity index is 794. The number of benzene rings is 1. The first-order valence-corrected chi connectivity index (χ1v) is 9.84. The van der Waals surface area contributed by atoms with Crippen molar-refractivity contribution in [1.82, 2.24) is 14.5 Å². The van der Waals surface area contributed by atoms with Crippen molar-refractivity contribution in [3.05, 3.63) is 53.6 Å². The molecule has 0 saturated heterocycles. The fourth-order valence-corrected chi connectivity index (χ4v) is 3.85. The number of nitrogens with zero attached hydrogens (tertiary/aromatic N) is 3. The van der Waals surface area contributed by atoms with Crippen molar-refractivity contribution in [2.75, 3.05) is 0 Å². The molecule has 1 heterocycles. The van der Waals surface area contributed by atoms with E-state index in [2.05, 4.69) is 4.98 Å². The van der Waals surface area contributed by atoms with E-state index in [9.17, 15) is 18.0 Å². The Morgan fingerprint density at radius 1 is 1.25 bits per heavy atom. The van der Waals surface area contributed by atoms with Crippen LogP contribution in [0, 0.1) is 0 Å². The predicted molar refractivity (Wildman–Crippen MR) is 100 cm³/mol. The molecule has 0 radical (unpaired) electrons. The van der Waals surface area contributed by atoms with Gasteiger partial charge < -0.3 is 9.47 Å². The number of imidazole rings is 1. The van der Waals surface area contributed by atoms with E-state index in [-0.39, 0.29) is 18.5 Å². The Hall–Kier alpha value is -2.31. The van der Waals surface area contributed by atoms with Crippen LogP contribution in [0.2, 0.25) is 0 Å². The maximum Gasteiger partial charge on any atom is 0.416 e. The molecule has 0 atom stereocenters. The fourth-order valence-electron chi connectivity index (χ4n) is 3.85. The minimum atomic E-state index is -4.36. The summed E-state index contributed by atoms with van der Waals surface area (Å²) in [6, 6.07) is 5.56. The molecule has 1 amide bonds. The number of hydrogen-bond donors (Lipinski definition) is 0. The van der Waals surface area contributed by atoms with Gasteiger partial charge >= 0.3 is 6.18 Å². The molecular weight excluding hydrogens is 367 g/mol. The lowest BCUT2D eigenvalue weighted by atomic mass is 9.94. The monoisotopic (exact) mass is 393 g/mol. The van der Waals surface area contributed by atoms with Crippen molar-refractivity contribution in [3.8, 4) is 0 Å². The number of aromatic nitrogens is 2. The summed E-state index contributed by atoms with van der Waals surface area (Å²) in [7, 11) is 0. The smallest absolute Gasteiger partial charge is 0.332 e. The second-order valence-corrected chi connectivity index (χ2v) is 7.34. The van der Waals surface area contributed by atoms with E-state index in [1.807, 2.05) is 16.4 Å². The molecule has 0 spiro atoms. The van der Waals surface area contributed by atoms with Crippen molar-refractivity contribution < 1.29 is 18.0 Å². The van der Waals surface area contributed by atoms with E-state index >= 15 is 0 Å². The largest absolute Gasteiger partial charge is 0.416 e. The maximum absolute atomic E-state index is 13.0. The van der Waals surface area contributed by atoms with E-state index < -0.39 is 11.7 Å². The molecule has 1 aliphatic carbocycles. The molecule has 28 heavy (non-hydrogen) atoms. The minimum Gasteiger partial charge on any atom is -0.332 e. The zero-order valence-corrected chi connectivity index (χ0v) is 16.1. The summed E-state index contributed by atoms with van der Waals surface area (Å²) in [5, 5.41) is 0. The van der Waals surface area contributed by atoms with Crippen LogP contribution in [0.25, 0.3) is 0 Å². The third-order valence-corrected chi connectivity index (χ3v) is 5.36. The third-order valence-electron chi connectivity index (χ3n) is 5.36. The molecule has 1 aromatic carbocycles. The molecule has 1 fully saturated rings. The summed E-state index contributed by atoms with van der Waals surface area (Å²) in [5.41, 5.74) is -0.100. The molecule has 1 aliphatic rings. The van der Waals surface area contributed by atoms with Crippen molar-refractivity contribution in [1.29, 1.82) is 0 Å². The Labute approximate surface area is 163 Å². The van der Waals surface area contributed by atoms with Crippen molar-refractivity contribution in [3.63, 3.8) is 0 Å². The molecule has 7 heteroatoms. The number of halogens is 3. The third kappa shape index (κ3) is 4.94. The van der Waals surface area contributed by atoms with Crippen LogP contribution in [-0.2, 0) is 24.1 Å². The summed E-state index contributed by atoms with van der Waals surface area (Å²) < 4.78 is 40.7. The van der Waals surface area contributed by atoms with Crippen molar-refractivity contribution >= 4 is 5.91 Å². The SMILES string of the molecule is CCC(=O)N(Cc1nccn1Cc1cccc(C(F)(F)F)c1)C1CCCCC1. The van der Waals surface area contributed by atoms with Gasteiger partial charge in [-0.25, -0.2) is 4.98 Å². The van der Waals surface area contributed by atoms with E-state index in [0.717, 1.165) is 31.7 Å². The second kappa shape index (κ2) is 8.80. The van der Waals surface area contributed by atoms with Crippen LogP contribution in [-0.4, -0.2) is 26.4 Å². The lowest BCUT2D eigenvalue weighted by Crippen LogP contribution is -2.41. The van der Waals surface area contributed by atoms with Gasteiger partial charge in [0.1, 0.15) is 5.82 Å². The first kappa shape index (κ1) is 20.4.